The molecule has 0 N–H and O–H groups in total. The van der Waals surface area contributed by atoms with Crippen LogP contribution in [0.3, 0.4) is 0 Å². The summed E-state index contributed by atoms with van der Waals surface area (Å²) in [7, 11) is -2.72. The van der Waals surface area contributed by atoms with E-state index < -0.39 is 10.1 Å². The lowest BCUT2D eigenvalue weighted by Gasteiger charge is -2.13. The molecule has 8 heteroatoms. The summed E-state index contributed by atoms with van der Waals surface area (Å²) >= 11 is 12.1. The van der Waals surface area contributed by atoms with E-state index in [9.17, 15) is 8.42 Å². The largest absolute Gasteiger partial charge is 0.493 e. The first-order valence-electron chi connectivity index (χ1n) is 8.88. The van der Waals surface area contributed by atoms with Crippen LogP contribution in [0.25, 0.3) is 0 Å². The lowest BCUT2D eigenvalue weighted by Crippen LogP contribution is -2.11. The summed E-state index contributed by atoms with van der Waals surface area (Å²) in [5, 5.41) is 0.492. The van der Waals surface area contributed by atoms with Gasteiger partial charge in [0.25, 0.3) is 0 Å². The van der Waals surface area contributed by atoms with Gasteiger partial charge in [-0.15, -0.1) is 0 Å². The summed E-state index contributed by atoms with van der Waals surface area (Å²) in [4.78, 5) is 4.45. The number of aryl methyl sites for hydroxylation is 2. The summed E-state index contributed by atoms with van der Waals surface area (Å²) in [6.45, 7) is 3.96. The molecule has 0 saturated heterocycles. The Bertz CT molecular complexity index is 1210. The fourth-order valence-corrected chi connectivity index (χ4v) is 4.04. The van der Waals surface area contributed by atoms with Crippen molar-refractivity contribution in [3.8, 4) is 11.5 Å². The first-order valence-corrected chi connectivity index (χ1v) is 11.0. The standard InChI is InChI=1S/C22H19Cl2NO4S/c1-14-4-5-15(2)20(10-14)25-13-16-11-19(24)22(21(12-16)28-3)29-30(26,27)18-8-6-17(23)7-9-18/h4-13H,1-3H3. The molecule has 0 amide bonds. The van der Waals surface area contributed by atoms with Crippen molar-refractivity contribution < 1.29 is 17.3 Å². The van der Waals surface area contributed by atoms with Gasteiger partial charge in [0.15, 0.2) is 5.75 Å². The number of halogens is 2. The van der Waals surface area contributed by atoms with Gasteiger partial charge in [-0.25, -0.2) is 0 Å². The van der Waals surface area contributed by atoms with Crippen molar-refractivity contribution in [2.75, 3.05) is 7.11 Å². The highest BCUT2D eigenvalue weighted by atomic mass is 35.5. The van der Waals surface area contributed by atoms with E-state index in [2.05, 4.69) is 4.99 Å². The molecule has 3 rings (SSSR count). The van der Waals surface area contributed by atoms with Crippen LogP contribution < -0.4 is 8.92 Å². The van der Waals surface area contributed by atoms with Crippen LogP contribution in [0.2, 0.25) is 10.0 Å². The van der Waals surface area contributed by atoms with Gasteiger partial charge in [0.05, 0.1) is 17.8 Å². The Morgan fingerprint density at radius 3 is 2.33 bits per heavy atom. The second kappa shape index (κ2) is 9.08. The second-order valence-corrected chi connectivity index (χ2v) is 8.96. The molecular formula is C22H19Cl2NO4S. The van der Waals surface area contributed by atoms with Crippen LogP contribution in [0.1, 0.15) is 16.7 Å². The van der Waals surface area contributed by atoms with Crippen molar-refractivity contribution in [2.45, 2.75) is 18.7 Å². The number of benzene rings is 3. The Morgan fingerprint density at radius 2 is 1.67 bits per heavy atom. The van der Waals surface area contributed by atoms with Crippen LogP contribution in [-0.4, -0.2) is 21.7 Å². The van der Waals surface area contributed by atoms with E-state index in [0.717, 1.165) is 16.8 Å². The minimum absolute atomic E-state index is 0.0504. The minimum Gasteiger partial charge on any atom is -0.493 e. The summed E-state index contributed by atoms with van der Waals surface area (Å²) in [6.07, 6.45) is 1.63. The van der Waals surface area contributed by atoms with E-state index in [0.29, 0.717) is 10.6 Å². The van der Waals surface area contributed by atoms with E-state index >= 15 is 0 Å². The number of rotatable bonds is 6. The fourth-order valence-electron chi connectivity index (χ4n) is 2.66. The molecule has 0 aliphatic rings. The van der Waals surface area contributed by atoms with Gasteiger partial charge in [0.2, 0.25) is 5.75 Å². The van der Waals surface area contributed by atoms with E-state index in [4.69, 9.17) is 32.1 Å². The highest BCUT2D eigenvalue weighted by Gasteiger charge is 2.22. The average Bonchev–Trinajstić information content (AvgIpc) is 2.70. The minimum atomic E-state index is -4.12. The molecule has 0 unspecified atom stereocenters. The van der Waals surface area contributed by atoms with Crippen LogP contribution in [0, 0.1) is 13.8 Å². The van der Waals surface area contributed by atoms with Crippen LogP contribution in [0.15, 0.2) is 64.5 Å². The molecule has 0 bridgehead atoms. The Hall–Kier alpha value is -2.54. The molecule has 0 atom stereocenters. The van der Waals surface area contributed by atoms with Crippen molar-refractivity contribution in [1.29, 1.82) is 0 Å². The van der Waals surface area contributed by atoms with Crippen molar-refractivity contribution in [3.63, 3.8) is 0 Å². The van der Waals surface area contributed by atoms with Gasteiger partial charge < -0.3 is 8.92 Å². The first-order chi connectivity index (χ1) is 14.2. The monoisotopic (exact) mass is 463 g/mol. The van der Waals surface area contributed by atoms with Crippen molar-refractivity contribution in [2.24, 2.45) is 4.99 Å². The Morgan fingerprint density at radius 1 is 0.967 bits per heavy atom. The summed E-state index contributed by atoms with van der Waals surface area (Å²) < 4.78 is 35.8. The number of methoxy groups -OCH3 is 1. The third-order valence-corrected chi connectivity index (χ3v) is 6.03. The normalized spacial score (nSPS) is 11.6. The lowest BCUT2D eigenvalue weighted by molar-refractivity contribution is 0.390. The molecule has 0 aliphatic heterocycles. The molecule has 5 nitrogen and oxygen atoms in total. The molecule has 0 aliphatic carbocycles. The van der Waals surface area contributed by atoms with Crippen LogP contribution in [0.4, 0.5) is 5.69 Å². The molecule has 156 valence electrons. The van der Waals surface area contributed by atoms with Gasteiger partial charge in [-0.2, -0.15) is 8.42 Å². The Kier molecular flexibility index (Phi) is 6.71. The third kappa shape index (κ3) is 5.14. The van der Waals surface area contributed by atoms with E-state index in [1.54, 1.807) is 18.3 Å². The molecule has 3 aromatic rings. The molecule has 0 saturated carbocycles. The molecule has 3 aromatic carbocycles. The summed E-state index contributed by atoms with van der Waals surface area (Å²) in [5.74, 6) is 0.0699. The second-order valence-electron chi connectivity index (χ2n) is 6.57. The molecule has 0 radical (unpaired) electrons. The summed E-state index contributed by atoms with van der Waals surface area (Å²) in [6, 6.07) is 14.8. The Labute approximate surface area is 186 Å². The highest BCUT2D eigenvalue weighted by Crippen LogP contribution is 2.38. The Balaban J connectivity index is 1.93. The maximum absolute atomic E-state index is 12.6. The molecular weight excluding hydrogens is 445 g/mol. The quantitative estimate of drug-likeness (QED) is 0.325. The van der Waals surface area contributed by atoms with E-state index in [1.807, 2.05) is 32.0 Å². The average molecular weight is 464 g/mol. The predicted molar refractivity (Wildman–Crippen MR) is 120 cm³/mol. The van der Waals surface area contributed by atoms with Crippen molar-refractivity contribution >= 4 is 45.2 Å². The number of ether oxygens (including phenoxy) is 1. The van der Waals surface area contributed by atoms with Gasteiger partial charge >= 0.3 is 10.1 Å². The van der Waals surface area contributed by atoms with E-state index in [-0.39, 0.29) is 21.4 Å². The third-order valence-electron chi connectivity index (χ3n) is 4.26. The highest BCUT2D eigenvalue weighted by molar-refractivity contribution is 7.87. The molecule has 0 spiro atoms. The van der Waals surface area contributed by atoms with Gasteiger partial charge in [-0.1, -0.05) is 35.3 Å². The van der Waals surface area contributed by atoms with Gasteiger partial charge in [-0.3, -0.25) is 4.99 Å². The molecule has 0 heterocycles. The maximum Gasteiger partial charge on any atom is 0.339 e. The smallest absolute Gasteiger partial charge is 0.339 e. The van der Waals surface area contributed by atoms with Crippen molar-refractivity contribution in [1.82, 2.24) is 0 Å². The van der Waals surface area contributed by atoms with Gasteiger partial charge in [-0.05, 0) is 73.0 Å². The van der Waals surface area contributed by atoms with Gasteiger partial charge in [0.1, 0.15) is 4.90 Å². The predicted octanol–water partition coefficient (Wildman–Crippen LogP) is 6.14. The van der Waals surface area contributed by atoms with E-state index in [1.165, 1.54) is 31.4 Å². The molecule has 0 fully saturated rings. The zero-order chi connectivity index (χ0) is 21.9. The number of hydrogen-bond acceptors (Lipinski definition) is 5. The van der Waals surface area contributed by atoms with Crippen LogP contribution in [0.5, 0.6) is 11.5 Å². The molecule has 30 heavy (non-hydrogen) atoms. The van der Waals surface area contributed by atoms with Gasteiger partial charge in [0, 0.05) is 11.2 Å². The maximum atomic E-state index is 12.6. The fraction of sp³-hybridized carbons (Fsp3) is 0.136. The van der Waals surface area contributed by atoms with Crippen molar-refractivity contribution in [3.05, 3.63) is 81.3 Å². The number of nitrogens with zero attached hydrogens (tertiary/aromatic N) is 1. The number of hydrogen-bond donors (Lipinski definition) is 0. The topological polar surface area (TPSA) is 65.0 Å². The summed E-state index contributed by atoms with van der Waals surface area (Å²) in [5.41, 5.74) is 3.59. The SMILES string of the molecule is COc1cc(C=Nc2cc(C)ccc2C)cc(Cl)c1OS(=O)(=O)c1ccc(Cl)cc1. The lowest BCUT2D eigenvalue weighted by atomic mass is 10.1. The zero-order valence-electron chi connectivity index (χ0n) is 16.5. The number of aliphatic imine (C=N–C) groups is 1. The van der Waals surface area contributed by atoms with Crippen LogP contribution in [-0.2, 0) is 10.1 Å². The zero-order valence-corrected chi connectivity index (χ0v) is 18.8. The van der Waals surface area contributed by atoms with Crippen LogP contribution >= 0.6 is 23.2 Å². The molecule has 0 aromatic heterocycles. The first kappa shape index (κ1) is 22.2.